The lowest BCUT2D eigenvalue weighted by Crippen LogP contribution is -2.25. The van der Waals surface area contributed by atoms with E-state index in [9.17, 15) is 4.79 Å². The quantitative estimate of drug-likeness (QED) is 0.615. The molecule has 1 aromatic carbocycles. The van der Waals surface area contributed by atoms with Crippen molar-refractivity contribution in [1.82, 2.24) is 0 Å². The normalized spacial score (nSPS) is 12.0. The number of carboxylic acids is 1. The third-order valence-corrected chi connectivity index (χ3v) is 2.87. The first-order chi connectivity index (χ1) is 9.93. The second kappa shape index (κ2) is 8.17. The number of carboxylic acid groups (broad SMARTS) is 1. The van der Waals surface area contributed by atoms with Gasteiger partial charge in [-0.2, -0.15) is 0 Å². The molecule has 0 spiro atoms. The fraction of sp³-hybridized carbons (Fsp3) is 0.188. The van der Waals surface area contributed by atoms with Crippen LogP contribution in [-0.4, -0.2) is 24.7 Å². The monoisotopic (exact) mass is 307 g/mol. The number of ether oxygens (including phenoxy) is 1. The van der Waals surface area contributed by atoms with Gasteiger partial charge >= 0.3 is 5.97 Å². The lowest BCUT2D eigenvalue weighted by molar-refractivity contribution is -0.135. The highest BCUT2D eigenvalue weighted by Gasteiger charge is 2.11. The SMILES string of the molecule is C=C/C(Cl)=C\C=C(/C)Oc1ccccc1N(C)CC(=O)O. The molecule has 1 N–H and O–H groups in total. The molecule has 0 radical (unpaired) electrons. The molecule has 0 aliphatic carbocycles. The Morgan fingerprint density at radius 2 is 2.10 bits per heavy atom. The van der Waals surface area contributed by atoms with Gasteiger partial charge in [0.25, 0.3) is 0 Å². The third-order valence-electron chi connectivity index (χ3n) is 2.59. The Hall–Kier alpha value is -2.20. The van der Waals surface area contributed by atoms with Crippen LogP contribution in [0, 0.1) is 0 Å². The van der Waals surface area contributed by atoms with Gasteiger partial charge < -0.3 is 14.7 Å². The van der Waals surface area contributed by atoms with Gasteiger partial charge in [0, 0.05) is 12.1 Å². The van der Waals surface area contributed by atoms with Crippen LogP contribution in [0.25, 0.3) is 0 Å². The van der Waals surface area contributed by atoms with E-state index in [4.69, 9.17) is 21.4 Å². The van der Waals surface area contributed by atoms with E-state index in [1.807, 2.05) is 12.1 Å². The first-order valence-corrected chi connectivity index (χ1v) is 6.68. The maximum atomic E-state index is 10.8. The molecule has 1 aromatic rings. The van der Waals surface area contributed by atoms with Crippen LogP contribution in [-0.2, 0) is 4.79 Å². The minimum atomic E-state index is -0.903. The van der Waals surface area contributed by atoms with Crippen molar-refractivity contribution in [3.63, 3.8) is 0 Å². The molecule has 0 fully saturated rings. The number of aliphatic carboxylic acids is 1. The zero-order chi connectivity index (χ0) is 15.8. The Kier molecular flexibility index (Phi) is 6.56. The van der Waals surface area contributed by atoms with E-state index in [2.05, 4.69) is 6.58 Å². The van der Waals surface area contributed by atoms with Crippen molar-refractivity contribution < 1.29 is 14.6 Å². The molecule has 0 aromatic heterocycles. The van der Waals surface area contributed by atoms with Gasteiger partial charge in [0.1, 0.15) is 18.1 Å². The Balaban J connectivity index is 2.93. The molecule has 0 aliphatic rings. The summed E-state index contributed by atoms with van der Waals surface area (Å²) in [6, 6.07) is 7.24. The molecule has 0 saturated carbocycles. The number of likely N-dealkylation sites (N-methyl/N-ethyl adjacent to an activating group) is 1. The molecule has 21 heavy (non-hydrogen) atoms. The minimum Gasteiger partial charge on any atom is -0.480 e. The minimum absolute atomic E-state index is 0.106. The van der Waals surface area contributed by atoms with E-state index in [1.54, 1.807) is 43.2 Å². The number of para-hydroxylation sites is 2. The molecule has 0 amide bonds. The van der Waals surface area contributed by atoms with Crippen molar-refractivity contribution in [2.45, 2.75) is 6.92 Å². The van der Waals surface area contributed by atoms with Gasteiger partial charge in [0.15, 0.2) is 0 Å². The van der Waals surface area contributed by atoms with Gasteiger partial charge in [0.05, 0.1) is 5.69 Å². The van der Waals surface area contributed by atoms with Crippen LogP contribution in [0.4, 0.5) is 5.69 Å². The summed E-state index contributed by atoms with van der Waals surface area (Å²) in [7, 11) is 1.70. The Morgan fingerprint density at radius 1 is 1.43 bits per heavy atom. The molecule has 0 heterocycles. The van der Waals surface area contributed by atoms with Gasteiger partial charge in [-0.25, -0.2) is 0 Å². The van der Waals surface area contributed by atoms with E-state index >= 15 is 0 Å². The number of hydrogen-bond acceptors (Lipinski definition) is 3. The van der Waals surface area contributed by atoms with E-state index in [-0.39, 0.29) is 6.54 Å². The van der Waals surface area contributed by atoms with E-state index in [0.29, 0.717) is 22.2 Å². The summed E-state index contributed by atoms with van der Waals surface area (Å²) in [6.07, 6.45) is 4.92. The predicted octanol–water partition coefficient (Wildman–Crippen LogP) is 3.80. The molecule has 0 atom stereocenters. The number of anilines is 1. The van der Waals surface area contributed by atoms with Gasteiger partial charge in [-0.1, -0.05) is 36.4 Å². The zero-order valence-corrected chi connectivity index (χ0v) is 12.8. The molecular weight excluding hydrogens is 290 g/mol. The van der Waals surface area contributed by atoms with Gasteiger partial charge in [-0.3, -0.25) is 4.79 Å². The number of allylic oxidation sites excluding steroid dienone is 5. The molecule has 0 saturated heterocycles. The van der Waals surface area contributed by atoms with Crippen molar-refractivity contribution in [2.24, 2.45) is 0 Å². The van der Waals surface area contributed by atoms with E-state index in [1.165, 1.54) is 6.08 Å². The van der Waals surface area contributed by atoms with Crippen molar-refractivity contribution in [3.05, 3.63) is 59.9 Å². The smallest absolute Gasteiger partial charge is 0.323 e. The average molecular weight is 308 g/mol. The first-order valence-electron chi connectivity index (χ1n) is 6.30. The Bertz CT molecular complexity index is 579. The molecule has 0 bridgehead atoms. The summed E-state index contributed by atoms with van der Waals surface area (Å²) in [6.45, 7) is 5.24. The van der Waals surface area contributed by atoms with Crippen LogP contribution in [0.3, 0.4) is 0 Å². The summed E-state index contributed by atoms with van der Waals surface area (Å²) in [4.78, 5) is 12.4. The largest absolute Gasteiger partial charge is 0.480 e. The number of nitrogens with zero attached hydrogens (tertiary/aromatic N) is 1. The van der Waals surface area contributed by atoms with Gasteiger partial charge in [0.2, 0.25) is 0 Å². The fourth-order valence-corrected chi connectivity index (χ4v) is 1.68. The van der Waals surface area contributed by atoms with Crippen LogP contribution in [0.5, 0.6) is 5.75 Å². The molecular formula is C16H18ClNO3. The van der Waals surface area contributed by atoms with E-state index < -0.39 is 5.97 Å². The van der Waals surface area contributed by atoms with E-state index in [0.717, 1.165) is 0 Å². The maximum Gasteiger partial charge on any atom is 0.323 e. The number of rotatable bonds is 7. The number of benzene rings is 1. The lowest BCUT2D eigenvalue weighted by atomic mass is 10.2. The van der Waals surface area contributed by atoms with Crippen molar-refractivity contribution in [1.29, 1.82) is 0 Å². The van der Waals surface area contributed by atoms with Crippen molar-refractivity contribution >= 4 is 23.3 Å². The number of halogens is 1. The van der Waals surface area contributed by atoms with Crippen molar-refractivity contribution in [3.8, 4) is 5.75 Å². The van der Waals surface area contributed by atoms with Crippen LogP contribution in [0.1, 0.15) is 6.92 Å². The maximum absolute atomic E-state index is 10.8. The van der Waals surface area contributed by atoms with Crippen LogP contribution < -0.4 is 9.64 Å². The highest BCUT2D eigenvalue weighted by molar-refractivity contribution is 6.31. The third kappa shape index (κ3) is 5.75. The Morgan fingerprint density at radius 3 is 2.71 bits per heavy atom. The second-order valence-corrected chi connectivity index (χ2v) is 4.79. The number of carbonyl (C=O) groups is 1. The molecule has 4 nitrogen and oxygen atoms in total. The Labute approximate surface area is 129 Å². The first kappa shape index (κ1) is 16.9. The molecule has 112 valence electrons. The molecule has 1 rings (SSSR count). The zero-order valence-electron chi connectivity index (χ0n) is 12.0. The summed E-state index contributed by atoms with van der Waals surface area (Å²) < 4.78 is 5.73. The van der Waals surface area contributed by atoms with Gasteiger partial charge in [-0.05, 0) is 31.2 Å². The fourth-order valence-electron chi connectivity index (χ4n) is 1.62. The summed E-state index contributed by atoms with van der Waals surface area (Å²) >= 11 is 5.82. The summed E-state index contributed by atoms with van der Waals surface area (Å²) in [5, 5.41) is 9.37. The highest BCUT2D eigenvalue weighted by Crippen LogP contribution is 2.28. The second-order valence-electron chi connectivity index (χ2n) is 4.35. The summed E-state index contributed by atoms with van der Waals surface area (Å²) in [5.41, 5.74) is 0.700. The number of hydrogen-bond donors (Lipinski definition) is 1. The molecule has 5 heteroatoms. The highest BCUT2D eigenvalue weighted by atomic mass is 35.5. The predicted molar refractivity (Wildman–Crippen MR) is 85.9 cm³/mol. The van der Waals surface area contributed by atoms with Crippen LogP contribution in [0.2, 0.25) is 0 Å². The topological polar surface area (TPSA) is 49.8 Å². The molecule has 0 unspecified atom stereocenters. The molecule has 0 aliphatic heterocycles. The standard InChI is InChI=1S/C16H18ClNO3/c1-4-13(17)10-9-12(2)21-15-8-6-5-7-14(15)18(3)11-16(19)20/h4-10H,1,11H2,2-3H3,(H,19,20)/b12-9+,13-10+. The van der Waals surface area contributed by atoms with Gasteiger partial charge in [-0.15, -0.1) is 0 Å². The lowest BCUT2D eigenvalue weighted by Gasteiger charge is -2.20. The average Bonchev–Trinajstić information content (AvgIpc) is 2.44. The van der Waals surface area contributed by atoms with Crippen LogP contribution in [0.15, 0.2) is 59.9 Å². The van der Waals surface area contributed by atoms with Crippen molar-refractivity contribution in [2.75, 3.05) is 18.5 Å². The summed E-state index contributed by atoms with van der Waals surface area (Å²) in [5.74, 6) is 0.310. The van der Waals surface area contributed by atoms with Crippen LogP contribution >= 0.6 is 11.6 Å².